The highest BCUT2D eigenvalue weighted by Gasteiger charge is 2.38. The van der Waals surface area contributed by atoms with E-state index in [1.807, 2.05) is 12.2 Å². The zero-order valence-corrected chi connectivity index (χ0v) is 7.92. The zero-order valence-electron chi connectivity index (χ0n) is 7.92. The number of amides is 1. The molecule has 3 nitrogen and oxygen atoms in total. The number of nitrogens with one attached hydrogen (secondary N) is 1. The highest BCUT2D eigenvalue weighted by molar-refractivity contribution is 5.79. The summed E-state index contributed by atoms with van der Waals surface area (Å²) in [5.74, 6) is -0.728. The maximum atomic E-state index is 11.9. The molecule has 0 saturated carbocycles. The fourth-order valence-electron chi connectivity index (χ4n) is 1.29. The second kappa shape index (κ2) is 4.65. The Kier molecular flexibility index (Phi) is 3.73. The predicted molar refractivity (Wildman–Crippen MR) is 46.9 cm³/mol. The molecule has 0 spiro atoms. The second-order valence-electron chi connectivity index (χ2n) is 3.44. The van der Waals surface area contributed by atoms with Crippen molar-refractivity contribution < 1.29 is 23.1 Å². The van der Waals surface area contributed by atoms with Gasteiger partial charge in [0.15, 0.2) is 6.10 Å². The summed E-state index contributed by atoms with van der Waals surface area (Å²) in [6.45, 7) is -0.779. The van der Waals surface area contributed by atoms with E-state index >= 15 is 0 Å². The van der Waals surface area contributed by atoms with Crippen LogP contribution in [0.25, 0.3) is 0 Å². The molecule has 1 amide bonds. The Hall–Kier alpha value is -1.04. The highest BCUT2D eigenvalue weighted by atomic mass is 19.4. The quantitative estimate of drug-likeness (QED) is 0.701. The third kappa shape index (κ3) is 3.54. The van der Waals surface area contributed by atoms with Gasteiger partial charge in [0.05, 0.1) is 6.54 Å². The fourth-order valence-corrected chi connectivity index (χ4v) is 1.29. The summed E-state index contributed by atoms with van der Waals surface area (Å²) in [7, 11) is 0. The number of aliphatic hydroxyl groups is 1. The van der Waals surface area contributed by atoms with Gasteiger partial charge in [0.1, 0.15) is 0 Å². The van der Waals surface area contributed by atoms with Crippen LogP contribution < -0.4 is 5.32 Å². The summed E-state index contributed by atoms with van der Waals surface area (Å²) >= 11 is 0. The minimum Gasteiger partial charge on any atom is -0.382 e. The summed E-state index contributed by atoms with van der Waals surface area (Å²) in [4.78, 5) is 11.2. The zero-order chi connectivity index (χ0) is 11.5. The second-order valence-corrected chi connectivity index (χ2v) is 3.44. The van der Waals surface area contributed by atoms with Crippen molar-refractivity contribution in [3.8, 4) is 0 Å². The van der Waals surface area contributed by atoms with Crippen molar-refractivity contribution in [2.45, 2.75) is 25.1 Å². The Labute approximate surface area is 85.0 Å². The van der Waals surface area contributed by atoms with Crippen LogP contribution in [0.15, 0.2) is 12.2 Å². The van der Waals surface area contributed by atoms with Crippen LogP contribution in [-0.2, 0) is 4.79 Å². The van der Waals surface area contributed by atoms with Crippen LogP contribution in [0.3, 0.4) is 0 Å². The molecule has 15 heavy (non-hydrogen) atoms. The van der Waals surface area contributed by atoms with Crippen LogP contribution in [0.1, 0.15) is 12.8 Å². The number of carbonyl (C=O) groups is 1. The van der Waals surface area contributed by atoms with E-state index in [0.29, 0.717) is 12.8 Å². The Morgan fingerprint density at radius 2 is 2.00 bits per heavy atom. The van der Waals surface area contributed by atoms with E-state index in [1.54, 1.807) is 0 Å². The van der Waals surface area contributed by atoms with E-state index < -0.39 is 24.7 Å². The highest BCUT2D eigenvalue weighted by Crippen LogP contribution is 2.20. The maximum absolute atomic E-state index is 11.9. The average molecular weight is 223 g/mol. The van der Waals surface area contributed by atoms with Crippen molar-refractivity contribution in [2.75, 3.05) is 6.54 Å². The SMILES string of the molecule is O=C(NCC(O)C(F)(F)F)C1CC=CC1. The Morgan fingerprint density at radius 1 is 1.47 bits per heavy atom. The molecule has 1 aliphatic carbocycles. The van der Waals surface area contributed by atoms with Crippen LogP contribution >= 0.6 is 0 Å². The van der Waals surface area contributed by atoms with Crippen LogP contribution in [0.5, 0.6) is 0 Å². The first-order chi connectivity index (χ1) is 6.91. The number of hydrogen-bond donors (Lipinski definition) is 2. The molecule has 0 aromatic rings. The molecule has 0 saturated heterocycles. The van der Waals surface area contributed by atoms with E-state index in [4.69, 9.17) is 5.11 Å². The molecule has 86 valence electrons. The van der Waals surface area contributed by atoms with Gasteiger partial charge >= 0.3 is 6.18 Å². The molecule has 2 N–H and O–H groups in total. The fraction of sp³-hybridized carbons (Fsp3) is 0.667. The Balaban J connectivity index is 2.28. The van der Waals surface area contributed by atoms with Gasteiger partial charge in [0.2, 0.25) is 5.91 Å². The lowest BCUT2D eigenvalue weighted by molar-refractivity contribution is -0.201. The van der Waals surface area contributed by atoms with E-state index in [-0.39, 0.29) is 5.92 Å². The molecule has 0 aromatic carbocycles. The summed E-state index contributed by atoms with van der Waals surface area (Å²) in [5.41, 5.74) is 0. The Bertz CT molecular complexity index is 255. The van der Waals surface area contributed by atoms with Crippen LogP contribution in [0.4, 0.5) is 13.2 Å². The summed E-state index contributed by atoms with van der Waals surface area (Å²) in [5, 5.41) is 10.7. The molecular formula is C9H12F3NO2. The van der Waals surface area contributed by atoms with Crippen LogP contribution in [-0.4, -0.2) is 29.8 Å². The van der Waals surface area contributed by atoms with E-state index in [1.165, 1.54) is 0 Å². The largest absolute Gasteiger partial charge is 0.416 e. The minimum absolute atomic E-state index is 0.287. The molecule has 0 bridgehead atoms. The third-order valence-corrected chi connectivity index (χ3v) is 2.23. The number of allylic oxidation sites excluding steroid dienone is 2. The van der Waals surface area contributed by atoms with Crippen molar-refractivity contribution in [2.24, 2.45) is 5.92 Å². The lowest BCUT2D eigenvalue weighted by Gasteiger charge is -2.16. The van der Waals surface area contributed by atoms with Gasteiger partial charge < -0.3 is 10.4 Å². The summed E-state index contributed by atoms with van der Waals surface area (Å²) < 4.78 is 35.6. The third-order valence-electron chi connectivity index (χ3n) is 2.23. The van der Waals surface area contributed by atoms with Crippen LogP contribution in [0.2, 0.25) is 0 Å². The molecular weight excluding hydrogens is 211 g/mol. The monoisotopic (exact) mass is 223 g/mol. The average Bonchev–Trinajstić information content (AvgIpc) is 2.64. The smallest absolute Gasteiger partial charge is 0.382 e. The lowest BCUT2D eigenvalue weighted by atomic mass is 10.1. The molecule has 0 aromatic heterocycles. The first-order valence-corrected chi connectivity index (χ1v) is 4.58. The standard InChI is InChI=1S/C9H12F3NO2/c10-9(11,12)7(14)5-13-8(15)6-3-1-2-4-6/h1-2,6-7,14H,3-5H2,(H,13,15). The molecule has 1 atom stereocenters. The normalized spacial score (nSPS) is 19.2. The van der Waals surface area contributed by atoms with Crippen molar-refractivity contribution >= 4 is 5.91 Å². The van der Waals surface area contributed by atoms with Gasteiger partial charge in [-0.15, -0.1) is 0 Å². The molecule has 0 radical (unpaired) electrons. The van der Waals surface area contributed by atoms with Crippen molar-refractivity contribution in [3.63, 3.8) is 0 Å². The topological polar surface area (TPSA) is 49.3 Å². The summed E-state index contributed by atoms with van der Waals surface area (Å²) in [6, 6.07) is 0. The molecule has 0 aliphatic heterocycles. The first-order valence-electron chi connectivity index (χ1n) is 4.58. The maximum Gasteiger partial charge on any atom is 0.416 e. The number of halogens is 3. The summed E-state index contributed by atoms with van der Waals surface area (Å²) in [6.07, 6.45) is -2.45. The molecule has 6 heteroatoms. The van der Waals surface area contributed by atoms with E-state index in [0.717, 1.165) is 0 Å². The Morgan fingerprint density at radius 3 is 2.47 bits per heavy atom. The molecule has 1 aliphatic rings. The predicted octanol–water partition coefficient (Wildman–Crippen LogP) is 0.992. The van der Waals surface area contributed by atoms with Gasteiger partial charge in [-0.25, -0.2) is 0 Å². The first kappa shape index (κ1) is 12.0. The molecule has 0 fully saturated rings. The number of rotatable bonds is 3. The van der Waals surface area contributed by atoms with Crippen LogP contribution in [0, 0.1) is 5.92 Å². The van der Waals surface area contributed by atoms with Gasteiger partial charge in [-0.2, -0.15) is 13.2 Å². The van der Waals surface area contributed by atoms with Gasteiger partial charge in [0, 0.05) is 5.92 Å². The number of alkyl halides is 3. The lowest BCUT2D eigenvalue weighted by Crippen LogP contribution is -2.42. The number of aliphatic hydroxyl groups excluding tert-OH is 1. The van der Waals surface area contributed by atoms with E-state index in [2.05, 4.69) is 5.32 Å². The minimum atomic E-state index is -4.68. The van der Waals surface area contributed by atoms with Gasteiger partial charge in [-0.05, 0) is 12.8 Å². The van der Waals surface area contributed by atoms with Gasteiger partial charge in [0.25, 0.3) is 0 Å². The van der Waals surface area contributed by atoms with E-state index in [9.17, 15) is 18.0 Å². The van der Waals surface area contributed by atoms with Crippen molar-refractivity contribution in [1.82, 2.24) is 5.32 Å². The van der Waals surface area contributed by atoms with Crippen molar-refractivity contribution in [1.29, 1.82) is 0 Å². The number of carbonyl (C=O) groups excluding carboxylic acids is 1. The van der Waals surface area contributed by atoms with Crippen molar-refractivity contribution in [3.05, 3.63) is 12.2 Å². The number of hydrogen-bond acceptors (Lipinski definition) is 2. The molecule has 1 unspecified atom stereocenters. The van der Waals surface area contributed by atoms with Gasteiger partial charge in [-0.3, -0.25) is 4.79 Å². The molecule has 1 rings (SSSR count). The molecule has 0 heterocycles. The van der Waals surface area contributed by atoms with Gasteiger partial charge in [-0.1, -0.05) is 12.2 Å².